The molecular weight excluding hydrogens is 210 g/mol. The maximum absolute atomic E-state index is 4.41. The highest BCUT2D eigenvalue weighted by molar-refractivity contribution is 5.66. The van der Waals surface area contributed by atoms with E-state index in [4.69, 9.17) is 0 Å². The second-order valence-corrected chi connectivity index (χ2v) is 4.48. The predicted molar refractivity (Wildman–Crippen MR) is 67.8 cm³/mol. The molecule has 1 aromatic carbocycles. The molecule has 0 spiro atoms. The van der Waals surface area contributed by atoms with Gasteiger partial charge in [0.2, 0.25) is 0 Å². The lowest BCUT2D eigenvalue weighted by molar-refractivity contribution is 0.447. The number of nitrogens with zero attached hydrogens (tertiary/aromatic N) is 2. The van der Waals surface area contributed by atoms with E-state index in [0.29, 0.717) is 5.92 Å². The van der Waals surface area contributed by atoms with Crippen molar-refractivity contribution >= 4 is 0 Å². The summed E-state index contributed by atoms with van der Waals surface area (Å²) >= 11 is 0. The number of rotatable bonds is 2. The number of benzene rings is 1. The summed E-state index contributed by atoms with van der Waals surface area (Å²) < 4.78 is 0. The molecule has 17 heavy (non-hydrogen) atoms. The smallest absolute Gasteiger partial charge is 0.0888 e. The number of nitrogens with one attached hydrogen (secondary N) is 1. The topological polar surface area (TPSA) is 37.8 Å². The van der Waals surface area contributed by atoms with Crippen molar-refractivity contribution in [3.63, 3.8) is 0 Å². The first-order valence-corrected chi connectivity index (χ1v) is 5.93. The molecule has 0 radical (unpaired) electrons. The molecule has 2 heterocycles. The van der Waals surface area contributed by atoms with Gasteiger partial charge in [-0.1, -0.05) is 18.2 Å². The van der Waals surface area contributed by atoms with Crippen molar-refractivity contribution in [2.75, 3.05) is 13.1 Å². The summed E-state index contributed by atoms with van der Waals surface area (Å²) in [5.41, 5.74) is 4.97. The molecule has 1 fully saturated rings. The average molecular weight is 225 g/mol. The van der Waals surface area contributed by atoms with Gasteiger partial charge in [0.1, 0.15) is 0 Å². The van der Waals surface area contributed by atoms with Gasteiger partial charge in [-0.05, 0) is 18.1 Å². The molecule has 0 unspecified atom stereocenters. The molecular formula is C14H15N3. The monoisotopic (exact) mass is 225 g/mol. The van der Waals surface area contributed by atoms with Crippen LogP contribution in [0.5, 0.6) is 0 Å². The molecule has 3 nitrogen and oxygen atoms in total. The van der Waals surface area contributed by atoms with Crippen LogP contribution in [0.4, 0.5) is 0 Å². The molecule has 1 aliphatic rings. The van der Waals surface area contributed by atoms with Gasteiger partial charge in [-0.25, -0.2) is 0 Å². The van der Waals surface area contributed by atoms with Gasteiger partial charge in [0.25, 0.3) is 0 Å². The van der Waals surface area contributed by atoms with E-state index in [9.17, 15) is 0 Å². The molecule has 0 atom stereocenters. The first-order valence-electron chi connectivity index (χ1n) is 5.93. The van der Waals surface area contributed by atoms with E-state index in [0.717, 1.165) is 18.8 Å². The lowest BCUT2D eigenvalue weighted by Crippen LogP contribution is -2.40. The molecule has 0 saturated carbocycles. The molecule has 2 aromatic rings. The first kappa shape index (κ1) is 10.4. The molecule has 3 rings (SSSR count). The maximum atomic E-state index is 4.41. The van der Waals surface area contributed by atoms with Gasteiger partial charge in [-0.3, -0.25) is 9.97 Å². The third-order valence-corrected chi connectivity index (χ3v) is 3.35. The Hall–Kier alpha value is -1.74. The minimum atomic E-state index is 0.619. The van der Waals surface area contributed by atoms with Crippen LogP contribution in [0.2, 0.25) is 0 Å². The van der Waals surface area contributed by atoms with Crippen molar-refractivity contribution in [3.8, 4) is 11.3 Å². The van der Waals surface area contributed by atoms with Crippen LogP contribution in [-0.4, -0.2) is 23.1 Å². The number of hydrogen-bond donors (Lipinski definition) is 1. The summed E-state index contributed by atoms with van der Waals surface area (Å²) in [4.78, 5) is 8.57. The molecule has 0 bridgehead atoms. The standard InChI is InChI=1S/C14H15N3/c1-10-3-2-4-12(13-9-15-5-6-17-13)14(10)11-7-16-8-11/h2-6,9,11,16H,7-8H2,1H3. The Morgan fingerprint density at radius 3 is 2.76 bits per heavy atom. The first-order chi connectivity index (χ1) is 8.36. The normalized spacial score (nSPS) is 15.6. The van der Waals surface area contributed by atoms with E-state index in [-0.39, 0.29) is 0 Å². The second-order valence-electron chi connectivity index (χ2n) is 4.48. The summed E-state index contributed by atoms with van der Waals surface area (Å²) in [6.07, 6.45) is 5.30. The fourth-order valence-electron chi connectivity index (χ4n) is 2.38. The summed E-state index contributed by atoms with van der Waals surface area (Å²) in [5.74, 6) is 0.619. The van der Waals surface area contributed by atoms with Gasteiger partial charge in [-0.15, -0.1) is 0 Å². The molecule has 1 N–H and O–H groups in total. The number of hydrogen-bond acceptors (Lipinski definition) is 3. The third-order valence-electron chi connectivity index (χ3n) is 3.35. The zero-order chi connectivity index (χ0) is 11.7. The molecule has 1 aromatic heterocycles. The highest BCUT2D eigenvalue weighted by Crippen LogP contribution is 2.32. The second kappa shape index (κ2) is 4.26. The van der Waals surface area contributed by atoms with Gasteiger partial charge in [0.05, 0.1) is 11.9 Å². The number of aromatic nitrogens is 2. The van der Waals surface area contributed by atoms with Crippen molar-refractivity contribution in [2.45, 2.75) is 12.8 Å². The van der Waals surface area contributed by atoms with Crippen LogP contribution >= 0.6 is 0 Å². The highest BCUT2D eigenvalue weighted by atomic mass is 14.9. The van der Waals surface area contributed by atoms with Crippen molar-refractivity contribution < 1.29 is 0 Å². The summed E-state index contributed by atoms with van der Waals surface area (Å²) in [6, 6.07) is 6.41. The van der Waals surface area contributed by atoms with Gasteiger partial charge in [0.15, 0.2) is 0 Å². The lowest BCUT2D eigenvalue weighted by Gasteiger charge is -2.30. The third kappa shape index (κ3) is 1.83. The van der Waals surface area contributed by atoms with Crippen molar-refractivity contribution in [3.05, 3.63) is 47.9 Å². The lowest BCUT2D eigenvalue weighted by atomic mass is 9.85. The predicted octanol–water partition coefficient (Wildman–Crippen LogP) is 2.14. The van der Waals surface area contributed by atoms with Crippen LogP contribution in [0.1, 0.15) is 17.0 Å². The SMILES string of the molecule is Cc1cccc(-c2cnccn2)c1C1CNC1. The fourth-order valence-corrected chi connectivity index (χ4v) is 2.38. The van der Waals surface area contributed by atoms with E-state index < -0.39 is 0 Å². The minimum absolute atomic E-state index is 0.619. The van der Waals surface area contributed by atoms with Crippen LogP contribution < -0.4 is 5.32 Å². The molecule has 3 heteroatoms. The van der Waals surface area contributed by atoms with E-state index in [1.165, 1.54) is 16.7 Å². The largest absolute Gasteiger partial charge is 0.315 e. The summed E-state index contributed by atoms with van der Waals surface area (Å²) in [5, 5.41) is 3.33. The molecule has 1 aliphatic heterocycles. The van der Waals surface area contributed by atoms with Gasteiger partial charge in [0, 0.05) is 37.0 Å². The maximum Gasteiger partial charge on any atom is 0.0888 e. The van der Waals surface area contributed by atoms with Gasteiger partial charge >= 0.3 is 0 Å². The average Bonchev–Trinajstić information content (AvgIpc) is 2.31. The van der Waals surface area contributed by atoms with Crippen molar-refractivity contribution in [1.82, 2.24) is 15.3 Å². The van der Waals surface area contributed by atoms with Gasteiger partial charge < -0.3 is 5.32 Å². The van der Waals surface area contributed by atoms with Crippen molar-refractivity contribution in [2.24, 2.45) is 0 Å². The van der Waals surface area contributed by atoms with E-state index in [2.05, 4.69) is 40.4 Å². The highest BCUT2D eigenvalue weighted by Gasteiger charge is 2.24. The minimum Gasteiger partial charge on any atom is -0.315 e. The van der Waals surface area contributed by atoms with Crippen LogP contribution in [0.25, 0.3) is 11.3 Å². The van der Waals surface area contributed by atoms with Crippen LogP contribution in [-0.2, 0) is 0 Å². The van der Waals surface area contributed by atoms with Crippen molar-refractivity contribution in [1.29, 1.82) is 0 Å². The summed E-state index contributed by atoms with van der Waals surface area (Å²) in [7, 11) is 0. The quantitative estimate of drug-likeness (QED) is 0.851. The summed E-state index contributed by atoms with van der Waals surface area (Å²) in [6.45, 7) is 4.31. The van der Waals surface area contributed by atoms with E-state index >= 15 is 0 Å². The van der Waals surface area contributed by atoms with E-state index in [1.807, 2.05) is 6.20 Å². The Bertz CT molecular complexity index is 518. The zero-order valence-electron chi connectivity index (χ0n) is 9.85. The Kier molecular flexibility index (Phi) is 2.61. The number of aryl methyl sites for hydroxylation is 1. The van der Waals surface area contributed by atoms with Gasteiger partial charge in [-0.2, -0.15) is 0 Å². The Labute approximate surface area is 101 Å². The molecule has 1 saturated heterocycles. The van der Waals surface area contributed by atoms with Crippen LogP contribution in [0.3, 0.4) is 0 Å². The van der Waals surface area contributed by atoms with E-state index in [1.54, 1.807) is 12.4 Å². The Balaban J connectivity index is 2.13. The Morgan fingerprint density at radius 2 is 2.12 bits per heavy atom. The molecule has 86 valence electrons. The Morgan fingerprint density at radius 1 is 1.24 bits per heavy atom. The molecule has 0 aliphatic carbocycles. The molecule has 0 amide bonds. The van der Waals surface area contributed by atoms with Crippen LogP contribution in [0, 0.1) is 6.92 Å². The zero-order valence-corrected chi connectivity index (χ0v) is 9.85. The fraction of sp³-hybridized carbons (Fsp3) is 0.286. The van der Waals surface area contributed by atoms with Crippen LogP contribution in [0.15, 0.2) is 36.8 Å².